The van der Waals surface area contributed by atoms with Crippen molar-refractivity contribution in [3.63, 3.8) is 0 Å². The van der Waals surface area contributed by atoms with Gasteiger partial charge in [-0.3, -0.25) is 14.4 Å². The second kappa shape index (κ2) is 6.26. The van der Waals surface area contributed by atoms with Crippen LogP contribution in [0, 0.1) is 5.92 Å². The first kappa shape index (κ1) is 15.3. The van der Waals surface area contributed by atoms with Gasteiger partial charge in [0.05, 0.1) is 5.92 Å². The number of rotatable bonds is 5. The van der Waals surface area contributed by atoms with Crippen LogP contribution in [-0.4, -0.2) is 47.4 Å². The maximum absolute atomic E-state index is 12.2. The van der Waals surface area contributed by atoms with E-state index < -0.39 is 18.0 Å². The van der Waals surface area contributed by atoms with Crippen molar-refractivity contribution in [3.05, 3.63) is 0 Å². The van der Waals surface area contributed by atoms with Gasteiger partial charge in [0.15, 0.2) is 6.10 Å². The standard InChI is InChI=1S/C16H24N2O4/c1-10(15(20)17-12-6-7-12)22-16(21)11-8-14(19)18(9-11)13-4-2-3-5-13/h10-13H,2-9H2,1H3,(H,17,20)/t10-,11+/m1/s1. The van der Waals surface area contributed by atoms with Crippen LogP contribution < -0.4 is 5.32 Å². The highest BCUT2D eigenvalue weighted by Crippen LogP contribution is 2.30. The van der Waals surface area contributed by atoms with E-state index in [1.165, 1.54) is 0 Å². The van der Waals surface area contributed by atoms with Gasteiger partial charge in [-0.15, -0.1) is 0 Å². The summed E-state index contributed by atoms with van der Waals surface area (Å²) in [5, 5.41) is 2.82. The highest BCUT2D eigenvalue weighted by Gasteiger charge is 2.40. The minimum absolute atomic E-state index is 0.0453. The van der Waals surface area contributed by atoms with Gasteiger partial charge < -0.3 is 15.0 Å². The highest BCUT2D eigenvalue weighted by atomic mass is 16.5. The van der Waals surface area contributed by atoms with E-state index >= 15 is 0 Å². The summed E-state index contributed by atoms with van der Waals surface area (Å²) in [7, 11) is 0. The molecule has 0 aromatic heterocycles. The van der Waals surface area contributed by atoms with Crippen LogP contribution in [0.1, 0.15) is 51.9 Å². The van der Waals surface area contributed by atoms with E-state index in [1.807, 2.05) is 4.90 Å². The molecule has 22 heavy (non-hydrogen) atoms. The molecule has 1 N–H and O–H groups in total. The van der Waals surface area contributed by atoms with Gasteiger partial charge in [-0.2, -0.15) is 0 Å². The van der Waals surface area contributed by atoms with Crippen molar-refractivity contribution in [2.45, 2.75) is 70.1 Å². The minimum atomic E-state index is -0.788. The van der Waals surface area contributed by atoms with Crippen LogP contribution in [0.15, 0.2) is 0 Å². The van der Waals surface area contributed by atoms with Gasteiger partial charge in [-0.1, -0.05) is 12.8 Å². The summed E-state index contributed by atoms with van der Waals surface area (Å²) in [6.07, 6.45) is 5.81. The summed E-state index contributed by atoms with van der Waals surface area (Å²) in [5.41, 5.74) is 0. The molecule has 2 atom stereocenters. The SMILES string of the molecule is C[C@@H](OC(=O)[C@H]1CC(=O)N(C2CCCC2)C1)C(=O)NC1CC1. The summed E-state index contributed by atoms with van der Waals surface area (Å²) in [5.74, 6) is -1.05. The fraction of sp³-hybridized carbons (Fsp3) is 0.812. The Hall–Kier alpha value is -1.59. The van der Waals surface area contributed by atoms with Gasteiger partial charge in [0.2, 0.25) is 5.91 Å². The number of esters is 1. The Labute approximate surface area is 130 Å². The molecule has 0 unspecified atom stereocenters. The molecule has 6 nitrogen and oxygen atoms in total. The first-order valence-electron chi connectivity index (χ1n) is 8.35. The Morgan fingerprint density at radius 2 is 1.91 bits per heavy atom. The second-order valence-corrected chi connectivity index (χ2v) is 6.75. The van der Waals surface area contributed by atoms with E-state index in [-0.39, 0.29) is 24.3 Å². The largest absolute Gasteiger partial charge is 0.452 e. The molecule has 3 rings (SSSR count). The second-order valence-electron chi connectivity index (χ2n) is 6.75. The van der Waals surface area contributed by atoms with Crippen LogP contribution in [0.2, 0.25) is 0 Å². The van der Waals surface area contributed by atoms with Gasteiger partial charge in [0, 0.05) is 25.0 Å². The number of hydrogen-bond donors (Lipinski definition) is 1. The lowest BCUT2D eigenvalue weighted by molar-refractivity contribution is -0.158. The van der Waals surface area contributed by atoms with Crippen molar-refractivity contribution < 1.29 is 19.1 Å². The molecule has 0 bridgehead atoms. The molecule has 122 valence electrons. The number of carbonyl (C=O) groups is 3. The molecule has 2 aliphatic carbocycles. The topological polar surface area (TPSA) is 75.7 Å². The number of ether oxygens (including phenoxy) is 1. The molecule has 1 aliphatic heterocycles. The van der Waals surface area contributed by atoms with E-state index in [2.05, 4.69) is 5.32 Å². The fourth-order valence-corrected chi connectivity index (χ4v) is 3.33. The molecular formula is C16H24N2O4. The fourth-order valence-electron chi connectivity index (χ4n) is 3.33. The summed E-state index contributed by atoms with van der Waals surface area (Å²) >= 11 is 0. The third-order valence-electron chi connectivity index (χ3n) is 4.84. The van der Waals surface area contributed by atoms with Gasteiger partial charge in [0.25, 0.3) is 5.91 Å². The lowest BCUT2D eigenvalue weighted by Crippen LogP contribution is -2.39. The summed E-state index contributed by atoms with van der Waals surface area (Å²) in [4.78, 5) is 37.9. The first-order chi connectivity index (χ1) is 10.5. The normalized spacial score (nSPS) is 27.0. The third kappa shape index (κ3) is 3.42. The van der Waals surface area contributed by atoms with Crippen LogP contribution in [0.3, 0.4) is 0 Å². The van der Waals surface area contributed by atoms with Gasteiger partial charge in [-0.25, -0.2) is 0 Å². The van der Waals surface area contributed by atoms with Crippen LogP contribution in [0.4, 0.5) is 0 Å². The zero-order valence-corrected chi connectivity index (χ0v) is 13.0. The van der Waals surface area contributed by atoms with Crippen LogP contribution in [0.25, 0.3) is 0 Å². The van der Waals surface area contributed by atoms with Crippen molar-refractivity contribution >= 4 is 17.8 Å². The molecule has 0 radical (unpaired) electrons. The minimum Gasteiger partial charge on any atom is -0.452 e. The number of likely N-dealkylation sites (tertiary alicyclic amines) is 1. The summed E-state index contributed by atoms with van der Waals surface area (Å²) < 4.78 is 5.25. The van der Waals surface area contributed by atoms with Crippen molar-refractivity contribution in [2.75, 3.05) is 6.54 Å². The predicted molar refractivity (Wildman–Crippen MR) is 78.8 cm³/mol. The van der Waals surface area contributed by atoms with Crippen LogP contribution >= 0.6 is 0 Å². The Morgan fingerprint density at radius 1 is 1.23 bits per heavy atom. The Morgan fingerprint density at radius 3 is 2.55 bits per heavy atom. The maximum atomic E-state index is 12.2. The molecule has 3 aliphatic rings. The van der Waals surface area contributed by atoms with Gasteiger partial charge in [0.1, 0.15) is 0 Å². The Bertz CT molecular complexity index is 469. The molecule has 2 amide bonds. The zero-order chi connectivity index (χ0) is 15.7. The van der Waals surface area contributed by atoms with E-state index in [0.29, 0.717) is 12.6 Å². The lowest BCUT2D eigenvalue weighted by Gasteiger charge is -2.24. The lowest BCUT2D eigenvalue weighted by atomic mass is 10.1. The van der Waals surface area contributed by atoms with Crippen molar-refractivity contribution in [2.24, 2.45) is 5.92 Å². The number of nitrogens with one attached hydrogen (secondary N) is 1. The van der Waals surface area contributed by atoms with Crippen molar-refractivity contribution in [1.82, 2.24) is 10.2 Å². The smallest absolute Gasteiger partial charge is 0.312 e. The molecule has 0 aromatic carbocycles. The van der Waals surface area contributed by atoms with E-state index in [4.69, 9.17) is 4.74 Å². The molecule has 2 saturated carbocycles. The third-order valence-corrected chi connectivity index (χ3v) is 4.84. The summed E-state index contributed by atoms with van der Waals surface area (Å²) in [6, 6.07) is 0.542. The van der Waals surface area contributed by atoms with Gasteiger partial charge >= 0.3 is 5.97 Å². The Kier molecular flexibility index (Phi) is 4.36. The average Bonchev–Trinajstić information content (AvgIpc) is 2.99. The zero-order valence-electron chi connectivity index (χ0n) is 13.0. The number of nitrogens with zero attached hydrogens (tertiary/aromatic N) is 1. The average molecular weight is 308 g/mol. The number of amides is 2. The molecule has 0 spiro atoms. The quantitative estimate of drug-likeness (QED) is 0.769. The molecular weight excluding hydrogens is 284 g/mol. The number of carbonyl (C=O) groups excluding carboxylic acids is 3. The Balaban J connectivity index is 1.49. The van der Waals surface area contributed by atoms with Crippen LogP contribution in [-0.2, 0) is 19.1 Å². The van der Waals surface area contributed by atoms with Crippen LogP contribution in [0.5, 0.6) is 0 Å². The predicted octanol–water partition coefficient (Wildman–Crippen LogP) is 0.988. The van der Waals surface area contributed by atoms with E-state index in [9.17, 15) is 14.4 Å². The maximum Gasteiger partial charge on any atom is 0.312 e. The molecule has 3 fully saturated rings. The molecule has 0 aromatic rings. The van der Waals surface area contributed by atoms with Crippen molar-refractivity contribution in [1.29, 1.82) is 0 Å². The summed E-state index contributed by atoms with van der Waals surface area (Å²) in [6.45, 7) is 2.03. The van der Waals surface area contributed by atoms with E-state index in [0.717, 1.165) is 38.5 Å². The molecule has 1 saturated heterocycles. The monoisotopic (exact) mass is 308 g/mol. The first-order valence-corrected chi connectivity index (χ1v) is 8.35. The van der Waals surface area contributed by atoms with Gasteiger partial charge in [-0.05, 0) is 32.6 Å². The number of hydrogen-bond acceptors (Lipinski definition) is 4. The highest BCUT2D eigenvalue weighted by molar-refractivity contribution is 5.89. The van der Waals surface area contributed by atoms with Crippen molar-refractivity contribution in [3.8, 4) is 0 Å². The van der Waals surface area contributed by atoms with E-state index in [1.54, 1.807) is 6.92 Å². The molecule has 6 heteroatoms. The molecule has 1 heterocycles.